The van der Waals surface area contributed by atoms with Gasteiger partial charge in [0.2, 0.25) is 5.88 Å². The Bertz CT molecular complexity index is 700. The van der Waals surface area contributed by atoms with Gasteiger partial charge in [-0.3, -0.25) is 0 Å². The number of ether oxygens (including phenoxy) is 3. The normalized spacial score (nSPS) is 20.0. The topological polar surface area (TPSA) is 43.9 Å². The first kappa shape index (κ1) is 17.5. The Morgan fingerprint density at radius 3 is 2.50 bits per heavy atom. The molecule has 24 heavy (non-hydrogen) atoms. The van der Waals surface area contributed by atoms with Crippen molar-refractivity contribution >= 4 is 23.2 Å². The molecule has 0 N–H and O–H groups in total. The lowest BCUT2D eigenvalue weighted by atomic mass is 9.92. The fraction of sp³-hybridized carbons (Fsp3) is 0.389. The Balaban J connectivity index is 1.59. The van der Waals surface area contributed by atoms with Crippen LogP contribution in [-0.2, 0) is 16.1 Å². The molecule has 1 aromatic heterocycles. The van der Waals surface area contributed by atoms with Crippen molar-refractivity contribution in [3.05, 3.63) is 58.2 Å². The van der Waals surface area contributed by atoms with Gasteiger partial charge >= 0.3 is 0 Å². The highest BCUT2D eigenvalue weighted by Gasteiger charge is 2.58. The van der Waals surface area contributed by atoms with Crippen LogP contribution in [0.25, 0.3) is 0 Å². The van der Waals surface area contributed by atoms with Gasteiger partial charge in [0.25, 0.3) is 0 Å². The van der Waals surface area contributed by atoms with Gasteiger partial charge in [0.05, 0.1) is 18.8 Å². The van der Waals surface area contributed by atoms with Crippen LogP contribution in [0.4, 0.5) is 0 Å². The second-order valence-electron chi connectivity index (χ2n) is 6.30. The van der Waals surface area contributed by atoms with Crippen molar-refractivity contribution in [3.63, 3.8) is 0 Å². The number of halogens is 2. The highest BCUT2D eigenvalue weighted by Crippen LogP contribution is 2.41. The van der Waals surface area contributed by atoms with E-state index in [4.69, 9.17) is 37.4 Å². The quantitative estimate of drug-likeness (QED) is 0.532. The zero-order valence-electron chi connectivity index (χ0n) is 13.6. The number of pyridine rings is 1. The molecule has 2 aromatic rings. The fourth-order valence-electron chi connectivity index (χ4n) is 2.33. The summed E-state index contributed by atoms with van der Waals surface area (Å²) in [6, 6.07) is 12.9. The number of epoxide rings is 1. The van der Waals surface area contributed by atoms with E-state index in [9.17, 15) is 0 Å². The van der Waals surface area contributed by atoms with E-state index in [1.54, 1.807) is 18.2 Å². The molecule has 0 saturated carbocycles. The standard InChI is InChI=1S/C18H19Cl2NO3/c1-17(2,23-10-13-6-8-14(19)9-7-13)18(12-24-18)11-22-16-5-3-4-15(20)21-16/h3-9H,10-12H2,1-2H3. The van der Waals surface area contributed by atoms with E-state index in [-0.39, 0.29) is 0 Å². The number of nitrogens with zero attached hydrogens (tertiary/aromatic N) is 1. The van der Waals surface area contributed by atoms with Crippen LogP contribution in [0.15, 0.2) is 42.5 Å². The molecule has 1 fully saturated rings. The summed E-state index contributed by atoms with van der Waals surface area (Å²) in [5.74, 6) is 0.478. The molecule has 0 amide bonds. The van der Waals surface area contributed by atoms with E-state index >= 15 is 0 Å². The minimum atomic E-state index is -0.509. The Hall–Kier alpha value is -1.33. The minimum absolute atomic E-state index is 0.355. The summed E-state index contributed by atoms with van der Waals surface area (Å²) in [5.41, 5.74) is 0.0648. The summed E-state index contributed by atoms with van der Waals surface area (Å²) >= 11 is 11.8. The van der Waals surface area contributed by atoms with Gasteiger partial charge < -0.3 is 14.2 Å². The zero-order chi connectivity index (χ0) is 17.2. The first-order chi connectivity index (χ1) is 11.4. The van der Waals surface area contributed by atoms with Gasteiger partial charge in [-0.15, -0.1) is 0 Å². The highest BCUT2D eigenvalue weighted by molar-refractivity contribution is 6.30. The highest BCUT2D eigenvalue weighted by atomic mass is 35.5. The lowest BCUT2D eigenvalue weighted by Gasteiger charge is -2.32. The monoisotopic (exact) mass is 367 g/mol. The Morgan fingerprint density at radius 2 is 1.88 bits per heavy atom. The lowest BCUT2D eigenvalue weighted by molar-refractivity contribution is -0.0939. The molecule has 1 atom stereocenters. The molecule has 0 bridgehead atoms. The number of rotatable bonds is 7. The molecule has 2 heterocycles. The molecule has 1 aromatic carbocycles. The van der Waals surface area contributed by atoms with E-state index in [0.717, 1.165) is 5.56 Å². The Morgan fingerprint density at radius 1 is 1.17 bits per heavy atom. The van der Waals surface area contributed by atoms with Crippen LogP contribution in [0.2, 0.25) is 10.2 Å². The zero-order valence-corrected chi connectivity index (χ0v) is 15.1. The van der Waals surface area contributed by atoms with Crippen LogP contribution in [-0.4, -0.2) is 29.4 Å². The second-order valence-corrected chi connectivity index (χ2v) is 7.12. The first-order valence-corrected chi connectivity index (χ1v) is 8.44. The molecule has 6 heteroatoms. The molecule has 128 valence electrons. The van der Waals surface area contributed by atoms with Gasteiger partial charge in [0, 0.05) is 11.1 Å². The van der Waals surface area contributed by atoms with Crippen molar-refractivity contribution in [1.82, 2.24) is 4.98 Å². The summed E-state index contributed by atoms with van der Waals surface area (Å²) in [6.07, 6.45) is 0. The van der Waals surface area contributed by atoms with Gasteiger partial charge in [0.1, 0.15) is 11.8 Å². The van der Waals surface area contributed by atoms with Gasteiger partial charge in [-0.2, -0.15) is 0 Å². The number of hydrogen-bond donors (Lipinski definition) is 0. The van der Waals surface area contributed by atoms with Crippen LogP contribution >= 0.6 is 23.2 Å². The molecule has 0 aliphatic carbocycles. The minimum Gasteiger partial charge on any atom is -0.474 e. The summed E-state index contributed by atoms with van der Waals surface area (Å²) in [6.45, 7) is 5.43. The van der Waals surface area contributed by atoms with Crippen LogP contribution in [0, 0.1) is 0 Å². The molecule has 1 aliphatic rings. The molecule has 0 spiro atoms. The van der Waals surface area contributed by atoms with Gasteiger partial charge in [-0.05, 0) is 37.6 Å². The van der Waals surface area contributed by atoms with Gasteiger partial charge in [0.15, 0.2) is 5.60 Å². The van der Waals surface area contributed by atoms with Crippen molar-refractivity contribution < 1.29 is 14.2 Å². The predicted molar refractivity (Wildman–Crippen MR) is 93.7 cm³/mol. The number of aromatic nitrogens is 1. The molecule has 1 saturated heterocycles. The van der Waals surface area contributed by atoms with Crippen LogP contribution < -0.4 is 4.74 Å². The van der Waals surface area contributed by atoms with Crippen molar-refractivity contribution in [2.45, 2.75) is 31.7 Å². The van der Waals surface area contributed by atoms with Crippen molar-refractivity contribution in [3.8, 4) is 5.88 Å². The maximum atomic E-state index is 6.10. The summed E-state index contributed by atoms with van der Waals surface area (Å²) in [4.78, 5) is 4.12. The van der Waals surface area contributed by atoms with E-state index in [0.29, 0.717) is 35.9 Å². The average Bonchev–Trinajstić information content (AvgIpc) is 3.34. The SMILES string of the molecule is CC(C)(OCc1ccc(Cl)cc1)C1(COc2cccc(Cl)n2)CO1. The van der Waals surface area contributed by atoms with E-state index in [1.165, 1.54) is 0 Å². The fourth-order valence-corrected chi connectivity index (χ4v) is 2.61. The van der Waals surface area contributed by atoms with E-state index < -0.39 is 11.2 Å². The first-order valence-electron chi connectivity index (χ1n) is 7.68. The lowest BCUT2D eigenvalue weighted by Crippen LogP contribution is -2.46. The molecular formula is C18H19Cl2NO3. The maximum absolute atomic E-state index is 6.10. The Labute approximate surface area is 151 Å². The van der Waals surface area contributed by atoms with Gasteiger partial charge in [-0.1, -0.05) is 41.4 Å². The molecule has 1 aliphatic heterocycles. The van der Waals surface area contributed by atoms with Crippen LogP contribution in [0.5, 0.6) is 5.88 Å². The summed E-state index contributed by atoms with van der Waals surface area (Å²) in [5, 5.41) is 1.11. The smallest absolute Gasteiger partial charge is 0.214 e. The van der Waals surface area contributed by atoms with Crippen molar-refractivity contribution in [2.75, 3.05) is 13.2 Å². The van der Waals surface area contributed by atoms with Crippen LogP contribution in [0.1, 0.15) is 19.4 Å². The summed E-state index contributed by atoms with van der Waals surface area (Å²) in [7, 11) is 0. The summed E-state index contributed by atoms with van der Waals surface area (Å²) < 4.78 is 17.5. The van der Waals surface area contributed by atoms with Gasteiger partial charge in [-0.25, -0.2) is 4.98 Å². The largest absolute Gasteiger partial charge is 0.474 e. The molecule has 1 unspecified atom stereocenters. The number of hydrogen-bond acceptors (Lipinski definition) is 4. The van der Waals surface area contributed by atoms with Crippen molar-refractivity contribution in [2.24, 2.45) is 0 Å². The van der Waals surface area contributed by atoms with Crippen LogP contribution in [0.3, 0.4) is 0 Å². The van der Waals surface area contributed by atoms with E-state index in [2.05, 4.69) is 4.98 Å². The molecule has 3 rings (SSSR count). The third-order valence-electron chi connectivity index (χ3n) is 4.25. The van der Waals surface area contributed by atoms with E-state index in [1.807, 2.05) is 38.1 Å². The molecule has 4 nitrogen and oxygen atoms in total. The Kier molecular flexibility index (Phi) is 5.02. The third kappa shape index (κ3) is 4.01. The molecule has 0 radical (unpaired) electrons. The predicted octanol–water partition coefficient (Wildman–Crippen LogP) is 4.53. The second kappa shape index (κ2) is 6.89. The number of benzene rings is 1. The maximum Gasteiger partial charge on any atom is 0.214 e. The third-order valence-corrected chi connectivity index (χ3v) is 4.71. The average molecular weight is 368 g/mol. The molecular weight excluding hydrogens is 349 g/mol. The van der Waals surface area contributed by atoms with Crippen molar-refractivity contribution in [1.29, 1.82) is 0 Å².